The van der Waals surface area contributed by atoms with E-state index >= 15 is 0 Å². The number of fused-ring (bicyclic) bond motifs is 1. The number of halogens is 1. The molecule has 0 bridgehead atoms. The lowest BCUT2D eigenvalue weighted by molar-refractivity contribution is -0.384. The van der Waals surface area contributed by atoms with Crippen LogP contribution in [0.2, 0.25) is 0 Å². The number of nitriles is 1. The van der Waals surface area contributed by atoms with Gasteiger partial charge in [-0.1, -0.05) is 48.5 Å². The third kappa shape index (κ3) is 3.69. The maximum Gasteiger partial charge on any atom is 0.269 e. The van der Waals surface area contributed by atoms with Crippen molar-refractivity contribution < 1.29 is 9.31 Å². The van der Waals surface area contributed by atoms with Gasteiger partial charge in [-0.2, -0.15) is 5.26 Å². The second-order valence-electron chi connectivity index (χ2n) is 6.80. The molecule has 0 aliphatic heterocycles. The number of aromatic nitrogens is 1. The van der Waals surface area contributed by atoms with Crippen LogP contribution in [-0.2, 0) is 6.54 Å². The summed E-state index contributed by atoms with van der Waals surface area (Å²) in [5, 5.41) is 21.4. The van der Waals surface area contributed by atoms with Crippen LogP contribution >= 0.6 is 0 Å². The van der Waals surface area contributed by atoms with Gasteiger partial charge in [-0.3, -0.25) is 10.1 Å². The molecule has 3 aromatic carbocycles. The predicted octanol–water partition coefficient (Wildman–Crippen LogP) is 5.80. The summed E-state index contributed by atoms with van der Waals surface area (Å²) in [6.45, 7) is 0.508. The molecular weight excluding hydrogens is 381 g/mol. The molecule has 0 unspecified atom stereocenters. The van der Waals surface area contributed by atoms with Crippen molar-refractivity contribution in [2.45, 2.75) is 6.54 Å². The monoisotopic (exact) mass is 397 g/mol. The first-order valence-electron chi connectivity index (χ1n) is 9.25. The van der Waals surface area contributed by atoms with E-state index in [0.717, 1.165) is 22.0 Å². The van der Waals surface area contributed by atoms with Crippen LogP contribution in [0, 0.1) is 27.3 Å². The fourth-order valence-electron chi connectivity index (χ4n) is 3.45. The van der Waals surface area contributed by atoms with Gasteiger partial charge >= 0.3 is 0 Å². The van der Waals surface area contributed by atoms with Crippen molar-refractivity contribution in [1.82, 2.24) is 4.57 Å². The molecule has 1 heterocycles. The van der Waals surface area contributed by atoms with E-state index in [0.29, 0.717) is 6.54 Å². The number of non-ortho nitro benzene ring substituents is 1. The molecule has 0 spiro atoms. The number of hydrogen-bond acceptors (Lipinski definition) is 3. The van der Waals surface area contributed by atoms with Gasteiger partial charge in [0.25, 0.3) is 5.69 Å². The van der Waals surface area contributed by atoms with Crippen LogP contribution in [0.15, 0.2) is 79.0 Å². The highest BCUT2D eigenvalue weighted by molar-refractivity contribution is 5.98. The number of rotatable bonds is 5. The highest BCUT2D eigenvalue weighted by atomic mass is 19.1. The summed E-state index contributed by atoms with van der Waals surface area (Å²) in [5.41, 5.74) is 3.20. The van der Waals surface area contributed by atoms with E-state index in [9.17, 15) is 19.8 Å². The molecule has 4 rings (SSSR count). The van der Waals surface area contributed by atoms with Gasteiger partial charge in [-0.15, -0.1) is 0 Å². The topological polar surface area (TPSA) is 71.9 Å². The summed E-state index contributed by atoms with van der Waals surface area (Å²) in [6, 6.07) is 22.4. The third-order valence-electron chi connectivity index (χ3n) is 4.90. The first kappa shape index (κ1) is 19.1. The molecule has 0 radical (unpaired) electrons. The smallest absolute Gasteiger partial charge is 0.269 e. The van der Waals surface area contributed by atoms with E-state index in [1.165, 1.54) is 18.2 Å². The molecule has 0 aliphatic rings. The molecular formula is C24H16FN3O2. The molecule has 6 heteroatoms. The Morgan fingerprint density at radius 2 is 1.77 bits per heavy atom. The minimum absolute atomic E-state index is 0.0447. The Hall–Kier alpha value is -4.24. The third-order valence-corrected chi connectivity index (χ3v) is 4.90. The Labute approximate surface area is 172 Å². The standard InChI is InChI=1S/C24H16FN3O2/c25-23-7-3-1-5-21(23)18(14-26)13-19-16-27(24-8-4-2-6-22(19)24)15-17-9-11-20(12-10-17)28(29)30/h1-13,16H,15H2. The predicted molar refractivity (Wildman–Crippen MR) is 114 cm³/mol. The maximum absolute atomic E-state index is 14.2. The number of nitro benzene ring substituents is 1. The Morgan fingerprint density at radius 1 is 1.07 bits per heavy atom. The van der Waals surface area contributed by atoms with Crippen LogP contribution in [0.25, 0.3) is 22.6 Å². The fraction of sp³-hybridized carbons (Fsp3) is 0.0417. The first-order chi connectivity index (χ1) is 14.6. The lowest BCUT2D eigenvalue weighted by Gasteiger charge is -2.05. The summed E-state index contributed by atoms with van der Waals surface area (Å²) in [4.78, 5) is 10.4. The molecule has 0 saturated heterocycles. The minimum Gasteiger partial charge on any atom is -0.342 e. The van der Waals surface area contributed by atoms with Crippen LogP contribution in [0.1, 0.15) is 16.7 Å². The van der Waals surface area contributed by atoms with E-state index in [1.54, 1.807) is 36.4 Å². The Bertz CT molecular complexity index is 1310. The molecule has 4 aromatic rings. The van der Waals surface area contributed by atoms with Crippen molar-refractivity contribution >= 4 is 28.2 Å². The summed E-state index contributed by atoms with van der Waals surface area (Å²) >= 11 is 0. The number of benzene rings is 3. The van der Waals surface area contributed by atoms with Gasteiger partial charge in [-0.25, -0.2) is 4.39 Å². The average molecular weight is 397 g/mol. The summed E-state index contributed by atoms with van der Waals surface area (Å²) in [6.07, 6.45) is 3.59. The lowest BCUT2D eigenvalue weighted by atomic mass is 10.0. The normalized spacial score (nSPS) is 11.4. The van der Waals surface area contributed by atoms with Gasteiger partial charge in [0.1, 0.15) is 5.82 Å². The zero-order valence-electron chi connectivity index (χ0n) is 15.8. The molecule has 0 atom stereocenters. The number of nitro groups is 1. The van der Waals surface area contributed by atoms with Gasteiger partial charge in [0, 0.05) is 46.9 Å². The van der Waals surface area contributed by atoms with Crippen LogP contribution in [-0.4, -0.2) is 9.49 Å². The summed E-state index contributed by atoms with van der Waals surface area (Å²) < 4.78 is 16.2. The van der Waals surface area contributed by atoms with Gasteiger partial charge in [0.05, 0.1) is 16.6 Å². The van der Waals surface area contributed by atoms with E-state index in [4.69, 9.17) is 0 Å². The first-order valence-corrected chi connectivity index (χ1v) is 9.25. The molecule has 0 N–H and O–H groups in total. The zero-order valence-corrected chi connectivity index (χ0v) is 15.8. The van der Waals surface area contributed by atoms with Crippen molar-refractivity contribution in [2.24, 2.45) is 0 Å². The second-order valence-corrected chi connectivity index (χ2v) is 6.80. The number of hydrogen-bond donors (Lipinski definition) is 0. The Balaban J connectivity index is 1.76. The van der Waals surface area contributed by atoms with Crippen LogP contribution < -0.4 is 0 Å². The van der Waals surface area contributed by atoms with Crippen LogP contribution in [0.3, 0.4) is 0 Å². The molecule has 30 heavy (non-hydrogen) atoms. The highest BCUT2D eigenvalue weighted by Crippen LogP contribution is 2.28. The van der Waals surface area contributed by atoms with Gasteiger partial charge in [0.15, 0.2) is 0 Å². The SMILES string of the molecule is N#CC(=Cc1cn(Cc2ccc([N+](=O)[O-])cc2)c2ccccc12)c1ccccc1F. The van der Waals surface area contributed by atoms with E-state index in [1.807, 2.05) is 35.0 Å². The summed E-state index contributed by atoms with van der Waals surface area (Å²) in [5.74, 6) is -0.445. The van der Waals surface area contributed by atoms with Gasteiger partial charge < -0.3 is 4.57 Å². The fourth-order valence-corrected chi connectivity index (χ4v) is 3.45. The number of allylic oxidation sites excluding steroid dienone is 1. The minimum atomic E-state index is -0.445. The molecule has 0 fully saturated rings. The Kier molecular flexibility index (Phi) is 5.10. The average Bonchev–Trinajstić information content (AvgIpc) is 3.10. The van der Waals surface area contributed by atoms with E-state index < -0.39 is 10.7 Å². The number of para-hydroxylation sites is 1. The van der Waals surface area contributed by atoms with Crippen molar-refractivity contribution in [3.8, 4) is 6.07 Å². The van der Waals surface area contributed by atoms with Crippen molar-refractivity contribution in [3.05, 3.63) is 112 Å². The van der Waals surface area contributed by atoms with Gasteiger partial charge in [-0.05, 0) is 23.8 Å². The zero-order chi connectivity index (χ0) is 21.1. The van der Waals surface area contributed by atoms with Crippen LogP contribution in [0.5, 0.6) is 0 Å². The molecule has 0 aliphatic carbocycles. The van der Waals surface area contributed by atoms with E-state index in [2.05, 4.69) is 6.07 Å². The number of nitrogens with zero attached hydrogens (tertiary/aromatic N) is 3. The summed E-state index contributed by atoms with van der Waals surface area (Å²) in [7, 11) is 0. The van der Waals surface area contributed by atoms with Crippen molar-refractivity contribution in [2.75, 3.05) is 0 Å². The quantitative estimate of drug-likeness (QED) is 0.243. The molecule has 5 nitrogen and oxygen atoms in total. The van der Waals surface area contributed by atoms with Crippen molar-refractivity contribution in [1.29, 1.82) is 5.26 Å². The molecule has 0 saturated carbocycles. The largest absolute Gasteiger partial charge is 0.342 e. The Morgan fingerprint density at radius 3 is 2.47 bits per heavy atom. The maximum atomic E-state index is 14.2. The molecule has 146 valence electrons. The van der Waals surface area contributed by atoms with Crippen molar-refractivity contribution in [3.63, 3.8) is 0 Å². The van der Waals surface area contributed by atoms with Gasteiger partial charge in [0.2, 0.25) is 0 Å². The van der Waals surface area contributed by atoms with Crippen LogP contribution in [0.4, 0.5) is 10.1 Å². The lowest BCUT2D eigenvalue weighted by Crippen LogP contribution is -1.98. The van der Waals surface area contributed by atoms with E-state index in [-0.39, 0.29) is 16.8 Å². The highest BCUT2D eigenvalue weighted by Gasteiger charge is 2.12. The molecule has 0 amide bonds. The second kappa shape index (κ2) is 8.02. The molecule has 1 aromatic heterocycles.